The molecule has 0 radical (unpaired) electrons. The Morgan fingerprint density at radius 3 is 2.34 bits per heavy atom. The third kappa shape index (κ3) is 4.68. The van der Waals surface area contributed by atoms with E-state index < -0.39 is 18.0 Å². The van der Waals surface area contributed by atoms with Crippen LogP contribution in [0.15, 0.2) is 42.5 Å². The van der Waals surface area contributed by atoms with E-state index in [1.165, 1.54) is 11.0 Å². The summed E-state index contributed by atoms with van der Waals surface area (Å²) in [7, 11) is 0. The lowest BCUT2D eigenvalue weighted by molar-refractivity contribution is -0.139. The van der Waals surface area contributed by atoms with E-state index in [2.05, 4.69) is 5.32 Å². The molecule has 3 amide bonds. The van der Waals surface area contributed by atoms with E-state index >= 15 is 0 Å². The summed E-state index contributed by atoms with van der Waals surface area (Å²) >= 11 is 0. The number of nitrogens with zero attached hydrogens (tertiary/aromatic N) is 1. The zero-order valence-electron chi connectivity index (χ0n) is 16.3. The molecular weight excluding hydrogens is 375 g/mol. The number of carbonyl (C=O) groups is 3. The van der Waals surface area contributed by atoms with Crippen molar-refractivity contribution in [3.8, 4) is 0 Å². The molecule has 0 bridgehead atoms. The maximum Gasteiger partial charge on any atom is 0.251 e. The van der Waals surface area contributed by atoms with Crippen LogP contribution in [0.2, 0.25) is 0 Å². The zero-order valence-corrected chi connectivity index (χ0v) is 16.3. The van der Waals surface area contributed by atoms with Gasteiger partial charge in [0.1, 0.15) is 5.82 Å². The first-order valence-electron chi connectivity index (χ1n) is 9.43. The lowest BCUT2D eigenvalue weighted by Crippen LogP contribution is -2.37. The second-order valence-corrected chi connectivity index (χ2v) is 7.29. The quantitative estimate of drug-likeness (QED) is 0.733. The van der Waals surface area contributed by atoms with Crippen LogP contribution in [-0.2, 0) is 16.1 Å². The van der Waals surface area contributed by atoms with Gasteiger partial charge in [-0.05, 0) is 48.7 Å². The van der Waals surface area contributed by atoms with E-state index in [-0.39, 0.29) is 37.1 Å². The molecule has 7 heteroatoms. The van der Waals surface area contributed by atoms with Crippen molar-refractivity contribution >= 4 is 17.7 Å². The molecule has 1 aliphatic rings. The number of hydrogen-bond donors (Lipinski definition) is 2. The molecule has 2 atom stereocenters. The van der Waals surface area contributed by atoms with Gasteiger partial charge in [0.15, 0.2) is 0 Å². The van der Waals surface area contributed by atoms with Gasteiger partial charge in [0.25, 0.3) is 5.91 Å². The summed E-state index contributed by atoms with van der Waals surface area (Å²) in [5.41, 5.74) is 1.99. The van der Waals surface area contributed by atoms with Gasteiger partial charge in [-0.3, -0.25) is 19.3 Å². The molecule has 29 heavy (non-hydrogen) atoms. The number of aliphatic hydroxyl groups excluding tert-OH is 1. The minimum absolute atomic E-state index is 0.188. The standard InChI is InChI=1S/C22H23FN2O4/c1-13-3-6-17(11-18(13)23)21(28)14(2)24-22(29)16-7-4-15(5-8-16)12-25-19(26)9-10-20(25)27/h3-8,11,14,21,28H,9-10,12H2,1-2H3,(H,24,29). The number of aliphatic hydroxyl groups is 1. The molecule has 0 aromatic heterocycles. The smallest absolute Gasteiger partial charge is 0.251 e. The topological polar surface area (TPSA) is 86.7 Å². The Morgan fingerprint density at radius 2 is 1.76 bits per heavy atom. The van der Waals surface area contributed by atoms with Gasteiger partial charge < -0.3 is 10.4 Å². The fraction of sp³-hybridized carbons (Fsp3) is 0.318. The van der Waals surface area contributed by atoms with Crippen molar-refractivity contribution in [1.29, 1.82) is 0 Å². The summed E-state index contributed by atoms with van der Waals surface area (Å²) in [6.45, 7) is 3.46. The van der Waals surface area contributed by atoms with Crippen LogP contribution in [0.25, 0.3) is 0 Å². The van der Waals surface area contributed by atoms with Crippen LogP contribution in [0.3, 0.4) is 0 Å². The van der Waals surface area contributed by atoms with Crippen molar-refractivity contribution in [2.24, 2.45) is 0 Å². The molecule has 0 aliphatic carbocycles. The SMILES string of the molecule is Cc1ccc(C(O)C(C)NC(=O)c2ccc(CN3C(=O)CCC3=O)cc2)cc1F. The second-order valence-electron chi connectivity index (χ2n) is 7.29. The van der Waals surface area contributed by atoms with Gasteiger partial charge in [0.2, 0.25) is 11.8 Å². The molecule has 2 unspecified atom stereocenters. The van der Waals surface area contributed by atoms with Crippen LogP contribution in [-0.4, -0.2) is 33.8 Å². The Hall–Kier alpha value is -3.06. The highest BCUT2D eigenvalue weighted by atomic mass is 19.1. The highest BCUT2D eigenvalue weighted by Crippen LogP contribution is 2.20. The third-order valence-electron chi connectivity index (χ3n) is 5.08. The molecule has 2 N–H and O–H groups in total. The van der Waals surface area contributed by atoms with E-state index in [1.807, 2.05) is 0 Å². The highest BCUT2D eigenvalue weighted by molar-refractivity contribution is 6.01. The van der Waals surface area contributed by atoms with Crippen LogP contribution < -0.4 is 5.32 Å². The van der Waals surface area contributed by atoms with E-state index in [9.17, 15) is 23.9 Å². The highest BCUT2D eigenvalue weighted by Gasteiger charge is 2.28. The second kappa shape index (κ2) is 8.53. The minimum Gasteiger partial charge on any atom is -0.386 e. The van der Waals surface area contributed by atoms with Crippen LogP contribution in [0.4, 0.5) is 4.39 Å². The lowest BCUT2D eigenvalue weighted by atomic mass is 10.0. The summed E-state index contributed by atoms with van der Waals surface area (Å²) < 4.78 is 13.7. The van der Waals surface area contributed by atoms with Crippen molar-refractivity contribution in [2.75, 3.05) is 0 Å². The number of benzene rings is 2. The van der Waals surface area contributed by atoms with Gasteiger partial charge in [-0.1, -0.05) is 24.3 Å². The molecule has 1 heterocycles. The molecule has 152 valence electrons. The Kier molecular flexibility index (Phi) is 6.08. The van der Waals surface area contributed by atoms with E-state index in [0.29, 0.717) is 16.7 Å². The molecule has 3 rings (SSSR count). The maximum absolute atomic E-state index is 13.7. The maximum atomic E-state index is 13.7. The van der Waals surface area contributed by atoms with E-state index in [4.69, 9.17) is 0 Å². The predicted octanol–water partition coefficient (Wildman–Crippen LogP) is 2.64. The number of carbonyl (C=O) groups excluding carboxylic acids is 3. The fourth-order valence-corrected chi connectivity index (χ4v) is 3.19. The molecule has 1 fully saturated rings. The van der Waals surface area contributed by atoms with Gasteiger partial charge in [0.05, 0.1) is 18.7 Å². The van der Waals surface area contributed by atoms with Crippen molar-refractivity contribution in [1.82, 2.24) is 10.2 Å². The van der Waals surface area contributed by atoms with Crippen LogP contribution in [0.1, 0.15) is 52.9 Å². The largest absolute Gasteiger partial charge is 0.386 e. The first kappa shape index (κ1) is 20.7. The zero-order chi connectivity index (χ0) is 21.1. The third-order valence-corrected chi connectivity index (χ3v) is 5.08. The van der Waals surface area contributed by atoms with E-state index in [1.54, 1.807) is 50.2 Å². The number of amides is 3. The van der Waals surface area contributed by atoms with Gasteiger partial charge in [-0.2, -0.15) is 0 Å². The molecular formula is C22H23FN2O4. The van der Waals surface area contributed by atoms with Crippen LogP contribution in [0, 0.1) is 12.7 Å². The molecule has 2 aromatic carbocycles. The number of imide groups is 1. The molecule has 0 spiro atoms. The summed E-state index contributed by atoms with van der Waals surface area (Å²) in [4.78, 5) is 37.1. The average molecular weight is 398 g/mol. The van der Waals surface area contributed by atoms with Gasteiger partial charge >= 0.3 is 0 Å². The molecule has 1 aliphatic heterocycles. The number of nitrogens with one attached hydrogen (secondary N) is 1. The van der Waals surface area contributed by atoms with Crippen molar-refractivity contribution < 1.29 is 23.9 Å². The normalized spacial score (nSPS) is 16.1. The first-order valence-corrected chi connectivity index (χ1v) is 9.43. The van der Waals surface area contributed by atoms with E-state index in [0.717, 1.165) is 5.56 Å². The molecule has 6 nitrogen and oxygen atoms in total. The van der Waals surface area contributed by atoms with Crippen molar-refractivity contribution in [3.05, 3.63) is 70.5 Å². The summed E-state index contributed by atoms with van der Waals surface area (Å²) in [5.74, 6) is -1.17. The fourth-order valence-electron chi connectivity index (χ4n) is 3.19. The molecule has 1 saturated heterocycles. The van der Waals surface area contributed by atoms with Crippen LogP contribution >= 0.6 is 0 Å². The summed E-state index contributed by atoms with van der Waals surface area (Å²) in [6, 6.07) is 10.4. The lowest BCUT2D eigenvalue weighted by Gasteiger charge is -2.21. The predicted molar refractivity (Wildman–Crippen MR) is 104 cm³/mol. The van der Waals surface area contributed by atoms with Gasteiger partial charge in [0, 0.05) is 18.4 Å². The average Bonchev–Trinajstić information content (AvgIpc) is 3.02. The Bertz CT molecular complexity index is 926. The molecule has 2 aromatic rings. The number of hydrogen-bond acceptors (Lipinski definition) is 4. The first-order chi connectivity index (χ1) is 13.8. The summed E-state index contributed by atoms with van der Waals surface area (Å²) in [6.07, 6.45) is -0.574. The van der Waals surface area contributed by atoms with Crippen LogP contribution in [0.5, 0.6) is 0 Å². The Morgan fingerprint density at radius 1 is 1.14 bits per heavy atom. The Balaban J connectivity index is 1.61. The number of aryl methyl sites for hydroxylation is 1. The number of rotatable bonds is 6. The molecule has 0 saturated carbocycles. The van der Waals surface area contributed by atoms with Gasteiger partial charge in [-0.15, -0.1) is 0 Å². The minimum atomic E-state index is -1.06. The monoisotopic (exact) mass is 398 g/mol. The number of likely N-dealkylation sites (tertiary alicyclic amines) is 1. The summed E-state index contributed by atoms with van der Waals surface area (Å²) in [5, 5.41) is 13.1. The Labute approximate surface area is 168 Å². The van der Waals surface area contributed by atoms with Crippen molar-refractivity contribution in [2.45, 2.75) is 45.4 Å². The number of halogens is 1. The van der Waals surface area contributed by atoms with Gasteiger partial charge in [-0.25, -0.2) is 4.39 Å². The van der Waals surface area contributed by atoms with Crippen molar-refractivity contribution in [3.63, 3.8) is 0 Å².